The molecule has 1 fully saturated rings. The number of anilines is 2. The molecule has 4 aromatic rings. The van der Waals surface area contributed by atoms with Crippen molar-refractivity contribution < 1.29 is 9.53 Å². The van der Waals surface area contributed by atoms with Crippen molar-refractivity contribution >= 4 is 17.3 Å². The molecule has 3 aromatic carbocycles. The van der Waals surface area contributed by atoms with Gasteiger partial charge < -0.3 is 19.5 Å². The molecule has 0 radical (unpaired) electrons. The summed E-state index contributed by atoms with van der Waals surface area (Å²) in [6.45, 7) is 5.05. The Morgan fingerprint density at radius 3 is 2.60 bits per heavy atom. The van der Waals surface area contributed by atoms with Gasteiger partial charge in [-0.3, -0.25) is 4.79 Å². The number of nitrogens with zero attached hydrogens (tertiary/aromatic N) is 3. The Hall–Kier alpha value is -3.90. The van der Waals surface area contributed by atoms with E-state index in [1.807, 2.05) is 38.4 Å². The standard InChI is InChI=1S/C29H28N4O2/c1-19-30-18-28(32(19)2)21-14-22(17-23(15-21)33-10-12-35-13-11-33)31-29(34)26-9-5-8-25-24-7-4-3-6-20(24)16-27(25)26/h3-9,14-15,17-18H,10-13,16H2,1-2H3,(H,31,34). The molecule has 0 unspecified atom stereocenters. The van der Waals surface area contributed by atoms with Crippen LogP contribution in [0.5, 0.6) is 0 Å². The number of fused-ring (bicyclic) bond motifs is 3. The quantitative estimate of drug-likeness (QED) is 0.404. The molecule has 0 atom stereocenters. The predicted molar refractivity (Wildman–Crippen MR) is 139 cm³/mol. The van der Waals surface area contributed by atoms with Gasteiger partial charge >= 0.3 is 0 Å². The maximum atomic E-state index is 13.6. The first-order valence-electron chi connectivity index (χ1n) is 12.1. The van der Waals surface area contributed by atoms with Gasteiger partial charge in [0, 0.05) is 42.6 Å². The highest BCUT2D eigenvalue weighted by Gasteiger charge is 2.24. The second-order valence-corrected chi connectivity index (χ2v) is 9.24. The number of morpholine rings is 1. The summed E-state index contributed by atoms with van der Waals surface area (Å²) >= 11 is 0. The fraction of sp³-hybridized carbons (Fsp3) is 0.241. The normalized spacial score (nSPS) is 14.5. The van der Waals surface area contributed by atoms with Crippen LogP contribution in [0, 0.1) is 6.92 Å². The Balaban J connectivity index is 1.36. The zero-order chi connectivity index (χ0) is 23.9. The van der Waals surface area contributed by atoms with Crippen LogP contribution in [-0.2, 0) is 18.2 Å². The lowest BCUT2D eigenvalue weighted by molar-refractivity contribution is 0.102. The second kappa shape index (κ2) is 8.71. The maximum absolute atomic E-state index is 13.6. The molecule has 1 amide bonds. The van der Waals surface area contributed by atoms with Crippen LogP contribution < -0.4 is 10.2 Å². The molecule has 2 aliphatic rings. The molecule has 2 heterocycles. The minimum absolute atomic E-state index is 0.0825. The average Bonchev–Trinajstić information content (AvgIpc) is 3.44. The summed E-state index contributed by atoms with van der Waals surface area (Å²) in [5.74, 6) is 0.864. The van der Waals surface area contributed by atoms with Crippen molar-refractivity contribution in [2.45, 2.75) is 13.3 Å². The van der Waals surface area contributed by atoms with Crippen LogP contribution in [-0.4, -0.2) is 41.8 Å². The van der Waals surface area contributed by atoms with E-state index in [0.717, 1.165) is 64.7 Å². The largest absolute Gasteiger partial charge is 0.378 e. The molecule has 0 bridgehead atoms. The number of aryl methyl sites for hydroxylation is 1. The highest BCUT2D eigenvalue weighted by molar-refractivity contribution is 6.07. The lowest BCUT2D eigenvalue weighted by Gasteiger charge is -2.29. The average molecular weight is 465 g/mol. The number of aromatic nitrogens is 2. The first-order valence-corrected chi connectivity index (χ1v) is 12.1. The Labute approximate surface area is 205 Å². The SMILES string of the molecule is Cc1ncc(-c2cc(NC(=O)c3cccc4c3Cc3ccccc3-4)cc(N3CCOCC3)c2)n1C. The van der Waals surface area contributed by atoms with Gasteiger partial charge in [-0.2, -0.15) is 0 Å². The molecular weight excluding hydrogens is 436 g/mol. The van der Waals surface area contributed by atoms with Crippen LogP contribution in [0.4, 0.5) is 11.4 Å². The van der Waals surface area contributed by atoms with Crippen molar-refractivity contribution in [3.8, 4) is 22.4 Å². The van der Waals surface area contributed by atoms with Crippen molar-refractivity contribution in [3.05, 3.63) is 89.4 Å². The molecule has 35 heavy (non-hydrogen) atoms. The van der Waals surface area contributed by atoms with Crippen LogP contribution in [0.25, 0.3) is 22.4 Å². The number of hydrogen-bond acceptors (Lipinski definition) is 4. The molecule has 0 saturated carbocycles. The molecule has 6 rings (SSSR count). The lowest BCUT2D eigenvalue weighted by atomic mass is 10.0. The number of benzene rings is 3. The smallest absolute Gasteiger partial charge is 0.255 e. The Kier molecular flexibility index (Phi) is 5.38. The number of hydrogen-bond donors (Lipinski definition) is 1. The van der Waals surface area contributed by atoms with Crippen molar-refractivity contribution in [2.75, 3.05) is 36.5 Å². The van der Waals surface area contributed by atoms with E-state index in [0.29, 0.717) is 13.2 Å². The molecule has 6 heteroatoms. The van der Waals surface area contributed by atoms with E-state index in [9.17, 15) is 4.79 Å². The highest BCUT2D eigenvalue weighted by atomic mass is 16.5. The van der Waals surface area contributed by atoms with Gasteiger partial charge in [-0.15, -0.1) is 0 Å². The van der Waals surface area contributed by atoms with Crippen LogP contribution in [0.3, 0.4) is 0 Å². The molecular formula is C29H28N4O2. The maximum Gasteiger partial charge on any atom is 0.255 e. The number of carbonyl (C=O) groups excluding carboxylic acids is 1. The van der Waals surface area contributed by atoms with Gasteiger partial charge in [0.2, 0.25) is 0 Å². The molecule has 0 spiro atoms. The van der Waals surface area contributed by atoms with E-state index < -0.39 is 0 Å². The number of rotatable bonds is 4. The topological polar surface area (TPSA) is 59.4 Å². The van der Waals surface area contributed by atoms with Crippen LogP contribution in [0.2, 0.25) is 0 Å². The van der Waals surface area contributed by atoms with Gasteiger partial charge in [-0.05, 0) is 59.9 Å². The number of amides is 1. The summed E-state index contributed by atoms with van der Waals surface area (Å²) in [6.07, 6.45) is 2.67. The van der Waals surface area contributed by atoms with E-state index in [1.54, 1.807) is 0 Å². The summed E-state index contributed by atoms with van der Waals surface area (Å²) in [6, 6.07) is 20.7. The molecule has 1 aliphatic carbocycles. The van der Waals surface area contributed by atoms with E-state index >= 15 is 0 Å². The van der Waals surface area contributed by atoms with E-state index in [-0.39, 0.29) is 5.91 Å². The van der Waals surface area contributed by atoms with Gasteiger partial charge in [0.05, 0.1) is 25.1 Å². The second-order valence-electron chi connectivity index (χ2n) is 9.24. The van der Waals surface area contributed by atoms with Crippen LogP contribution >= 0.6 is 0 Å². The van der Waals surface area contributed by atoms with Gasteiger partial charge in [-0.1, -0.05) is 36.4 Å². The third-order valence-electron chi connectivity index (χ3n) is 7.16. The Morgan fingerprint density at radius 1 is 1.00 bits per heavy atom. The summed E-state index contributed by atoms with van der Waals surface area (Å²) in [5.41, 5.74) is 9.37. The summed E-state index contributed by atoms with van der Waals surface area (Å²) < 4.78 is 7.63. The number of imidazole rings is 1. The highest BCUT2D eigenvalue weighted by Crippen LogP contribution is 2.38. The number of nitrogens with one attached hydrogen (secondary N) is 1. The van der Waals surface area contributed by atoms with Gasteiger partial charge in [0.1, 0.15) is 5.82 Å². The van der Waals surface area contributed by atoms with E-state index in [4.69, 9.17) is 4.74 Å². The lowest BCUT2D eigenvalue weighted by Crippen LogP contribution is -2.36. The molecule has 176 valence electrons. The molecule has 1 aromatic heterocycles. The molecule has 1 N–H and O–H groups in total. The zero-order valence-corrected chi connectivity index (χ0v) is 20.0. The van der Waals surface area contributed by atoms with Gasteiger partial charge in [0.15, 0.2) is 0 Å². The van der Waals surface area contributed by atoms with Gasteiger partial charge in [-0.25, -0.2) is 4.98 Å². The molecule has 6 nitrogen and oxygen atoms in total. The first kappa shape index (κ1) is 21.6. The minimum atomic E-state index is -0.0825. The number of ether oxygens (including phenoxy) is 1. The summed E-state index contributed by atoms with van der Waals surface area (Å²) in [7, 11) is 2.02. The third-order valence-corrected chi connectivity index (χ3v) is 7.16. The van der Waals surface area contributed by atoms with Crippen LogP contribution in [0.1, 0.15) is 27.3 Å². The number of carbonyl (C=O) groups is 1. The predicted octanol–water partition coefficient (Wildman–Crippen LogP) is 5.06. The van der Waals surface area contributed by atoms with Gasteiger partial charge in [0.25, 0.3) is 5.91 Å². The van der Waals surface area contributed by atoms with Crippen molar-refractivity contribution in [1.29, 1.82) is 0 Å². The van der Waals surface area contributed by atoms with E-state index in [1.165, 1.54) is 11.1 Å². The monoisotopic (exact) mass is 464 g/mol. The fourth-order valence-electron chi connectivity index (χ4n) is 5.17. The van der Waals surface area contributed by atoms with Crippen molar-refractivity contribution in [2.24, 2.45) is 7.05 Å². The Bertz CT molecular complexity index is 1430. The molecule has 1 aliphatic heterocycles. The fourth-order valence-corrected chi connectivity index (χ4v) is 5.17. The first-order chi connectivity index (χ1) is 17.1. The third kappa shape index (κ3) is 3.90. The van der Waals surface area contributed by atoms with Crippen molar-refractivity contribution in [1.82, 2.24) is 9.55 Å². The Morgan fingerprint density at radius 2 is 1.80 bits per heavy atom. The van der Waals surface area contributed by atoms with Crippen molar-refractivity contribution in [3.63, 3.8) is 0 Å². The zero-order valence-electron chi connectivity index (χ0n) is 20.0. The summed E-state index contributed by atoms with van der Waals surface area (Å²) in [4.78, 5) is 20.4. The van der Waals surface area contributed by atoms with Crippen LogP contribution in [0.15, 0.2) is 66.9 Å². The summed E-state index contributed by atoms with van der Waals surface area (Å²) in [5, 5.41) is 3.20. The minimum Gasteiger partial charge on any atom is -0.378 e. The van der Waals surface area contributed by atoms with E-state index in [2.05, 4.69) is 62.2 Å². The molecule has 1 saturated heterocycles.